The molecule has 1 aromatic carbocycles. The van der Waals surface area contributed by atoms with E-state index in [1.165, 1.54) is 0 Å². The molecule has 7 heteroatoms. The Labute approximate surface area is 146 Å². The largest absolute Gasteiger partial charge is 0.353 e. The average molecular weight is 341 g/mol. The van der Waals surface area contributed by atoms with Crippen LogP contribution in [0.5, 0.6) is 0 Å². The van der Waals surface area contributed by atoms with E-state index in [4.69, 9.17) is 0 Å². The lowest BCUT2D eigenvalue weighted by atomic mass is 10.1. The van der Waals surface area contributed by atoms with E-state index in [0.29, 0.717) is 24.6 Å². The molecule has 0 aliphatic heterocycles. The number of amides is 2. The predicted octanol–water partition coefficient (Wildman–Crippen LogP) is 1.40. The second kappa shape index (κ2) is 7.46. The molecule has 2 amide bonds. The van der Waals surface area contributed by atoms with Crippen LogP contribution in [0.25, 0.3) is 0 Å². The third-order valence-corrected chi connectivity index (χ3v) is 4.26. The van der Waals surface area contributed by atoms with Gasteiger partial charge in [-0.3, -0.25) is 9.59 Å². The fourth-order valence-electron chi connectivity index (χ4n) is 2.68. The van der Waals surface area contributed by atoms with E-state index >= 15 is 0 Å². The number of aromatic nitrogens is 3. The predicted molar refractivity (Wildman–Crippen MR) is 93.1 cm³/mol. The molecule has 3 rings (SSSR count). The van der Waals surface area contributed by atoms with E-state index in [1.54, 1.807) is 25.4 Å². The molecule has 2 aromatic rings. The molecule has 1 fully saturated rings. The van der Waals surface area contributed by atoms with Gasteiger partial charge in [-0.1, -0.05) is 17.7 Å². The molecule has 0 spiro atoms. The number of hydrogen-bond donors (Lipinski definition) is 2. The Morgan fingerprint density at radius 1 is 1.36 bits per heavy atom. The van der Waals surface area contributed by atoms with Crippen LogP contribution >= 0.6 is 0 Å². The topological polar surface area (TPSA) is 88.9 Å². The molecular formula is C18H23N5O2. The van der Waals surface area contributed by atoms with Crippen LogP contribution in [0.15, 0.2) is 30.6 Å². The summed E-state index contributed by atoms with van der Waals surface area (Å²) in [5.41, 5.74) is 1.56. The summed E-state index contributed by atoms with van der Waals surface area (Å²) in [6.07, 6.45) is 4.02. The summed E-state index contributed by atoms with van der Waals surface area (Å²) in [5.74, 6) is 1.06. The maximum absolute atomic E-state index is 12.2. The van der Waals surface area contributed by atoms with E-state index in [-0.39, 0.29) is 11.8 Å². The Kier molecular flexibility index (Phi) is 5.11. The molecule has 0 radical (unpaired) electrons. The normalized spacial score (nSPS) is 14.8. The molecule has 7 nitrogen and oxygen atoms in total. The van der Waals surface area contributed by atoms with E-state index in [0.717, 1.165) is 24.2 Å². The molecule has 1 aliphatic rings. The second-order valence-corrected chi connectivity index (χ2v) is 6.51. The van der Waals surface area contributed by atoms with Gasteiger partial charge in [0.25, 0.3) is 5.91 Å². The molecule has 1 saturated carbocycles. The Bertz CT molecular complexity index is 766. The van der Waals surface area contributed by atoms with E-state index in [1.807, 2.05) is 23.6 Å². The van der Waals surface area contributed by atoms with Crippen molar-refractivity contribution in [1.29, 1.82) is 0 Å². The smallest absolute Gasteiger partial charge is 0.251 e. The molecule has 1 heterocycles. The monoisotopic (exact) mass is 341 g/mol. The molecule has 0 bridgehead atoms. The van der Waals surface area contributed by atoms with Crippen molar-refractivity contribution in [3.05, 3.63) is 47.5 Å². The van der Waals surface area contributed by atoms with Gasteiger partial charge in [-0.2, -0.15) is 0 Å². The van der Waals surface area contributed by atoms with Crippen LogP contribution in [0.4, 0.5) is 0 Å². The first-order valence-electron chi connectivity index (χ1n) is 8.57. The van der Waals surface area contributed by atoms with E-state index < -0.39 is 6.04 Å². The molecular weight excluding hydrogens is 318 g/mol. The van der Waals surface area contributed by atoms with Crippen molar-refractivity contribution in [3.63, 3.8) is 0 Å². The summed E-state index contributed by atoms with van der Waals surface area (Å²) in [6, 6.07) is 6.68. The van der Waals surface area contributed by atoms with Gasteiger partial charge in [0.15, 0.2) is 0 Å². The summed E-state index contributed by atoms with van der Waals surface area (Å²) in [4.78, 5) is 24.4. The van der Waals surface area contributed by atoms with Crippen LogP contribution in [0.2, 0.25) is 0 Å². The fraction of sp³-hybridized carbons (Fsp3) is 0.444. The molecule has 25 heavy (non-hydrogen) atoms. The van der Waals surface area contributed by atoms with Crippen molar-refractivity contribution < 1.29 is 9.59 Å². The zero-order chi connectivity index (χ0) is 17.8. The lowest BCUT2D eigenvalue weighted by Crippen LogP contribution is -2.45. The van der Waals surface area contributed by atoms with Crippen LogP contribution in [0.1, 0.15) is 47.4 Å². The fourth-order valence-corrected chi connectivity index (χ4v) is 2.68. The molecule has 1 atom stereocenters. The number of nitrogens with zero attached hydrogens (tertiary/aromatic N) is 3. The highest BCUT2D eigenvalue weighted by atomic mass is 16.2. The molecule has 2 N–H and O–H groups in total. The minimum atomic E-state index is -0.600. The highest BCUT2D eigenvalue weighted by Crippen LogP contribution is 2.38. The van der Waals surface area contributed by atoms with E-state index in [2.05, 4.69) is 20.8 Å². The van der Waals surface area contributed by atoms with Gasteiger partial charge in [-0.05, 0) is 38.8 Å². The van der Waals surface area contributed by atoms with Crippen LogP contribution in [0, 0.1) is 6.92 Å². The molecule has 1 aliphatic carbocycles. The Hall–Kier alpha value is -2.70. The van der Waals surface area contributed by atoms with Gasteiger partial charge in [0.2, 0.25) is 5.91 Å². The van der Waals surface area contributed by atoms with Crippen molar-refractivity contribution in [2.24, 2.45) is 0 Å². The molecule has 132 valence electrons. The van der Waals surface area contributed by atoms with Crippen LogP contribution in [0.3, 0.4) is 0 Å². The number of benzene rings is 1. The maximum Gasteiger partial charge on any atom is 0.251 e. The number of hydrogen-bond acceptors (Lipinski definition) is 4. The Balaban J connectivity index is 1.46. The third kappa shape index (κ3) is 4.43. The van der Waals surface area contributed by atoms with Crippen molar-refractivity contribution in [3.8, 4) is 0 Å². The Morgan fingerprint density at radius 2 is 2.16 bits per heavy atom. The third-order valence-electron chi connectivity index (χ3n) is 4.26. The summed E-state index contributed by atoms with van der Waals surface area (Å²) >= 11 is 0. The minimum Gasteiger partial charge on any atom is -0.353 e. The number of carbonyl (C=O) groups excluding carboxylic acids is 2. The van der Waals surface area contributed by atoms with Gasteiger partial charge in [0, 0.05) is 24.6 Å². The van der Waals surface area contributed by atoms with Crippen molar-refractivity contribution >= 4 is 11.8 Å². The first-order chi connectivity index (χ1) is 12.0. The highest BCUT2D eigenvalue weighted by Gasteiger charge is 2.28. The first kappa shape index (κ1) is 17.1. The summed E-state index contributed by atoms with van der Waals surface area (Å²) < 4.78 is 1.98. The zero-order valence-corrected chi connectivity index (χ0v) is 14.5. The van der Waals surface area contributed by atoms with Crippen LogP contribution < -0.4 is 10.6 Å². The minimum absolute atomic E-state index is 0.206. The van der Waals surface area contributed by atoms with Gasteiger partial charge < -0.3 is 15.2 Å². The van der Waals surface area contributed by atoms with E-state index in [9.17, 15) is 9.59 Å². The maximum atomic E-state index is 12.2. The number of carbonyl (C=O) groups is 2. The zero-order valence-electron chi connectivity index (χ0n) is 14.5. The number of aryl methyl sites for hydroxylation is 1. The van der Waals surface area contributed by atoms with Crippen molar-refractivity contribution in [1.82, 2.24) is 25.4 Å². The van der Waals surface area contributed by atoms with Gasteiger partial charge >= 0.3 is 0 Å². The SMILES string of the molecule is Cc1cccc(C(=O)NC(C)C(=O)NCCn2cnnc2C2CC2)c1. The van der Waals surface area contributed by atoms with Gasteiger partial charge in [0.05, 0.1) is 0 Å². The molecule has 0 saturated heterocycles. The summed E-state index contributed by atoms with van der Waals surface area (Å²) in [5, 5.41) is 13.6. The highest BCUT2D eigenvalue weighted by molar-refractivity contribution is 5.97. The van der Waals surface area contributed by atoms with Crippen LogP contribution in [-0.4, -0.2) is 39.2 Å². The quantitative estimate of drug-likeness (QED) is 0.797. The van der Waals surface area contributed by atoms with Gasteiger partial charge in [-0.15, -0.1) is 10.2 Å². The first-order valence-corrected chi connectivity index (χ1v) is 8.57. The lowest BCUT2D eigenvalue weighted by Gasteiger charge is -2.15. The molecule has 1 unspecified atom stereocenters. The summed E-state index contributed by atoms with van der Waals surface area (Å²) in [6.45, 7) is 4.70. The van der Waals surface area contributed by atoms with Crippen molar-refractivity contribution in [2.75, 3.05) is 6.54 Å². The number of rotatable bonds is 7. The standard InChI is InChI=1S/C18H23N5O2/c1-12-4-3-5-15(10-12)18(25)21-13(2)17(24)19-8-9-23-11-20-22-16(23)14-6-7-14/h3-5,10-11,13-14H,6-9H2,1-2H3,(H,19,24)(H,21,25). The van der Waals surface area contributed by atoms with Crippen molar-refractivity contribution in [2.45, 2.75) is 45.2 Å². The van der Waals surface area contributed by atoms with Gasteiger partial charge in [-0.25, -0.2) is 0 Å². The lowest BCUT2D eigenvalue weighted by molar-refractivity contribution is -0.122. The summed E-state index contributed by atoms with van der Waals surface area (Å²) in [7, 11) is 0. The van der Waals surface area contributed by atoms with Crippen LogP contribution in [-0.2, 0) is 11.3 Å². The van der Waals surface area contributed by atoms with Gasteiger partial charge in [0.1, 0.15) is 18.2 Å². The Morgan fingerprint density at radius 3 is 2.88 bits per heavy atom. The second-order valence-electron chi connectivity index (χ2n) is 6.51. The number of nitrogens with one attached hydrogen (secondary N) is 2. The average Bonchev–Trinajstić information content (AvgIpc) is 3.33. The molecule has 1 aromatic heterocycles.